The molecule has 0 bridgehead atoms. The van der Waals surface area contributed by atoms with Gasteiger partial charge in [0, 0.05) is 31.6 Å². The third-order valence-corrected chi connectivity index (χ3v) is 4.51. The van der Waals surface area contributed by atoms with Crippen molar-refractivity contribution < 1.29 is 29.4 Å². The van der Waals surface area contributed by atoms with Gasteiger partial charge in [-0.05, 0) is 43.5 Å². The molecule has 1 aromatic carbocycles. The van der Waals surface area contributed by atoms with E-state index < -0.39 is 11.9 Å². The smallest absolute Gasteiger partial charge is 0.335 e. The summed E-state index contributed by atoms with van der Waals surface area (Å²) >= 11 is 0. The van der Waals surface area contributed by atoms with Gasteiger partial charge < -0.3 is 20.0 Å². The van der Waals surface area contributed by atoms with Gasteiger partial charge in [0.05, 0.1) is 5.56 Å². The van der Waals surface area contributed by atoms with E-state index in [1.165, 1.54) is 36.1 Å². The summed E-state index contributed by atoms with van der Waals surface area (Å²) in [6.07, 6.45) is 1.80. The number of benzene rings is 1. The third-order valence-electron chi connectivity index (χ3n) is 4.51. The summed E-state index contributed by atoms with van der Waals surface area (Å²) in [5.74, 6) is -2.60. The van der Waals surface area contributed by atoms with Crippen molar-refractivity contribution >= 4 is 23.8 Å². The van der Waals surface area contributed by atoms with E-state index >= 15 is 0 Å². The predicted molar refractivity (Wildman–Crippen MR) is 92.0 cm³/mol. The molecule has 1 unspecified atom stereocenters. The molecule has 1 aliphatic rings. The maximum Gasteiger partial charge on any atom is 0.335 e. The molecule has 2 amide bonds. The van der Waals surface area contributed by atoms with E-state index in [0.717, 1.165) is 0 Å². The van der Waals surface area contributed by atoms with Gasteiger partial charge in [0.25, 0.3) is 5.91 Å². The van der Waals surface area contributed by atoms with Crippen LogP contribution in [-0.4, -0.2) is 69.4 Å². The van der Waals surface area contributed by atoms with Crippen molar-refractivity contribution in [3.63, 3.8) is 0 Å². The highest BCUT2D eigenvalue weighted by Gasteiger charge is 2.27. The first-order valence-electron chi connectivity index (χ1n) is 8.41. The molecule has 8 heteroatoms. The average molecular weight is 362 g/mol. The van der Waals surface area contributed by atoms with Gasteiger partial charge in [-0.1, -0.05) is 0 Å². The Hall–Kier alpha value is -2.90. The van der Waals surface area contributed by atoms with Crippen LogP contribution in [0.3, 0.4) is 0 Å². The molecule has 1 atom stereocenters. The van der Waals surface area contributed by atoms with Crippen molar-refractivity contribution in [3.8, 4) is 0 Å². The van der Waals surface area contributed by atoms with Crippen molar-refractivity contribution in [2.45, 2.75) is 32.2 Å². The number of amides is 2. The number of likely N-dealkylation sites (tertiary alicyclic amines) is 1. The van der Waals surface area contributed by atoms with E-state index in [1.54, 1.807) is 4.90 Å². The molecule has 0 aliphatic carbocycles. The molecule has 1 saturated heterocycles. The van der Waals surface area contributed by atoms with Gasteiger partial charge in [-0.15, -0.1) is 0 Å². The van der Waals surface area contributed by atoms with Crippen LogP contribution in [0.15, 0.2) is 24.3 Å². The minimum absolute atomic E-state index is 0.114. The molecule has 0 radical (unpaired) electrons. The Balaban J connectivity index is 2.04. The highest BCUT2D eigenvalue weighted by atomic mass is 16.4. The van der Waals surface area contributed by atoms with Crippen LogP contribution in [-0.2, 0) is 9.59 Å². The summed E-state index contributed by atoms with van der Waals surface area (Å²) in [7, 11) is 0. The Morgan fingerprint density at radius 3 is 2.19 bits per heavy atom. The summed E-state index contributed by atoms with van der Waals surface area (Å²) < 4.78 is 0. The molecular formula is C18H22N2O6. The van der Waals surface area contributed by atoms with Gasteiger partial charge in [0.2, 0.25) is 5.91 Å². The molecule has 1 heterocycles. The average Bonchev–Trinajstić information content (AvgIpc) is 2.84. The molecule has 2 rings (SSSR count). The van der Waals surface area contributed by atoms with Gasteiger partial charge in [-0.25, -0.2) is 4.79 Å². The van der Waals surface area contributed by atoms with Gasteiger partial charge in [-0.2, -0.15) is 0 Å². The Morgan fingerprint density at radius 2 is 1.65 bits per heavy atom. The highest BCUT2D eigenvalue weighted by Crippen LogP contribution is 2.19. The number of hydrogen-bond donors (Lipinski definition) is 2. The van der Waals surface area contributed by atoms with Crippen molar-refractivity contribution in [2.24, 2.45) is 0 Å². The first kappa shape index (κ1) is 19.4. The fraction of sp³-hybridized carbons (Fsp3) is 0.444. The zero-order valence-corrected chi connectivity index (χ0v) is 14.6. The van der Waals surface area contributed by atoms with Gasteiger partial charge in [-0.3, -0.25) is 14.4 Å². The molecule has 0 saturated carbocycles. The summed E-state index contributed by atoms with van der Waals surface area (Å²) in [6.45, 7) is 1.92. The second-order valence-electron chi connectivity index (χ2n) is 6.30. The molecule has 0 spiro atoms. The molecule has 2 N–H and O–H groups in total. The van der Waals surface area contributed by atoms with Crippen molar-refractivity contribution in [1.29, 1.82) is 0 Å². The Morgan fingerprint density at radius 1 is 1.04 bits per heavy atom. The van der Waals surface area contributed by atoms with Crippen LogP contribution in [0.1, 0.15) is 46.9 Å². The van der Waals surface area contributed by atoms with Crippen LogP contribution < -0.4 is 0 Å². The number of carboxylic acids is 2. The third kappa shape index (κ3) is 4.81. The second kappa shape index (κ2) is 8.46. The Labute approximate surface area is 151 Å². The molecule has 1 fully saturated rings. The lowest BCUT2D eigenvalue weighted by Crippen LogP contribution is -2.43. The molecule has 8 nitrogen and oxygen atoms in total. The minimum atomic E-state index is -1.06. The number of aromatic carboxylic acids is 1. The number of carbonyl (C=O) groups is 4. The van der Waals surface area contributed by atoms with E-state index in [1.807, 2.05) is 0 Å². The first-order valence-corrected chi connectivity index (χ1v) is 8.41. The van der Waals surface area contributed by atoms with E-state index in [0.29, 0.717) is 37.9 Å². The fourth-order valence-corrected chi connectivity index (χ4v) is 3.17. The number of carboxylic acid groups (broad SMARTS) is 2. The maximum atomic E-state index is 12.6. The largest absolute Gasteiger partial charge is 0.480 e. The van der Waals surface area contributed by atoms with Crippen LogP contribution in [0.2, 0.25) is 0 Å². The highest BCUT2D eigenvalue weighted by molar-refractivity contribution is 5.96. The normalized spacial score (nSPS) is 17.3. The maximum absolute atomic E-state index is 12.6. The number of aliphatic carboxylic acids is 1. The van der Waals surface area contributed by atoms with Crippen LogP contribution >= 0.6 is 0 Å². The first-order chi connectivity index (χ1) is 12.3. The zero-order valence-electron chi connectivity index (χ0n) is 14.6. The molecule has 26 heavy (non-hydrogen) atoms. The van der Waals surface area contributed by atoms with Crippen LogP contribution in [0.5, 0.6) is 0 Å². The predicted octanol–water partition coefficient (Wildman–Crippen LogP) is 1.31. The van der Waals surface area contributed by atoms with Crippen LogP contribution in [0, 0.1) is 0 Å². The summed E-state index contributed by atoms with van der Waals surface area (Å²) in [5, 5.41) is 17.9. The van der Waals surface area contributed by atoms with E-state index in [-0.39, 0.29) is 30.0 Å². The lowest BCUT2D eigenvalue weighted by Gasteiger charge is -2.28. The van der Waals surface area contributed by atoms with E-state index in [9.17, 15) is 19.2 Å². The monoisotopic (exact) mass is 362 g/mol. The molecule has 0 aromatic heterocycles. The molecular weight excluding hydrogens is 340 g/mol. The molecule has 140 valence electrons. The number of hydrogen-bond acceptors (Lipinski definition) is 4. The lowest BCUT2D eigenvalue weighted by atomic mass is 10.1. The fourth-order valence-electron chi connectivity index (χ4n) is 3.17. The summed E-state index contributed by atoms with van der Waals surface area (Å²) in [4.78, 5) is 49.2. The number of rotatable bonds is 5. The Kier molecular flexibility index (Phi) is 6.32. The summed E-state index contributed by atoms with van der Waals surface area (Å²) in [6, 6.07) is 5.54. The minimum Gasteiger partial charge on any atom is -0.480 e. The van der Waals surface area contributed by atoms with Crippen molar-refractivity contribution in [1.82, 2.24) is 9.80 Å². The molecule has 1 aromatic rings. The van der Waals surface area contributed by atoms with E-state index in [2.05, 4.69) is 0 Å². The number of carbonyl (C=O) groups excluding carboxylic acids is 2. The standard InChI is InChI=1S/C18H22N2O6/c1-12(21)20(11-16(22)23)15-3-2-9-19(10-8-15)17(24)13-4-6-14(7-5-13)18(25)26/h4-7,15H,2-3,8-11H2,1H3,(H,22,23)(H,25,26). The summed E-state index contributed by atoms with van der Waals surface area (Å²) in [5.41, 5.74) is 0.519. The van der Waals surface area contributed by atoms with Crippen molar-refractivity contribution in [2.75, 3.05) is 19.6 Å². The lowest BCUT2D eigenvalue weighted by molar-refractivity contribution is -0.145. The van der Waals surface area contributed by atoms with Gasteiger partial charge in [0.1, 0.15) is 6.54 Å². The van der Waals surface area contributed by atoms with Crippen molar-refractivity contribution in [3.05, 3.63) is 35.4 Å². The van der Waals surface area contributed by atoms with Gasteiger partial charge in [0.15, 0.2) is 0 Å². The quantitative estimate of drug-likeness (QED) is 0.816. The topological polar surface area (TPSA) is 115 Å². The van der Waals surface area contributed by atoms with Gasteiger partial charge >= 0.3 is 11.9 Å². The number of nitrogens with zero attached hydrogens (tertiary/aromatic N) is 2. The molecule has 1 aliphatic heterocycles. The van der Waals surface area contributed by atoms with E-state index in [4.69, 9.17) is 10.2 Å². The Bertz CT molecular complexity index is 700. The van der Waals surface area contributed by atoms with Crippen LogP contribution in [0.25, 0.3) is 0 Å². The SMILES string of the molecule is CC(=O)N(CC(=O)O)C1CCCN(C(=O)c2ccc(C(=O)O)cc2)CC1. The zero-order chi connectivity index (χ0) is 19.3. The second-order valence-corrected chi connectivity index (χ2v) is 6.30. The van der Waals surface area contributed by atoms with Crippen LogP contribution in [0.4, 0.5) is 0 Å².